The number of hydrogen-bond donors (Lipinski definition) is 1. The molecule has 0 aliphatic carbocycles. The lowest BCUT2D eigenvalue weighted by atomic mass is 10.0. The van der Waals surface area contributed by atoms with Crippen LogP contribution in [-0.2, 0) is 0 Å². The molecule has 0 amide bonds. The topological polar surface area (TPSA) is 70.3 Å². The second kappa shape index (κ2) is 7.81. The largest absolute Gasteiger partial charge is 0.479 e. The molecule has 5 heterocycles. The van der Waals surface area contributed by atoms with Crippen molar-refractivity contribution in [3.8, 4) is 5.88 Å². The number of halogens is 1. The molecule has 0 bridgehead atoms. The van der Waals surface area contributed by atoms with Gasteiger partial charge >= 0.3 is 0 Å². The summed E-state index contributed by atoms with van der Waals surface area (Å²) in [4.78, 5) is 6.54. The molecule has 2 aromatic rings. The van der Waals surface area contributed by atoms with E-state index in [1.165, 1.54) is 5.57 Å². The van der Waals surface area contributed by atoms with Crippen molar-refractivity contribution in [3.05, 3.63) is 47.4 Å². The molecule has 1 saturated heterocycles. The zero-order chi connectivity index (χ0) is 21.5. The molecule has 0 saturated carbocycles. The van der Waals surface area contributed by atoms with Gasteiger partial charge < -0.3 is 15.0 Å². The number of aromatic nitrogens is 3. The normalized spacial score (nSPS) is 23.9. The zero-order valence-corrected chi connectivity index (χ0v) is 17.9. The van der Waals surface area contributed by atoms with E-state index in [0.717, 1.165) is 35.3 Å². The van der Waals surface area contributed by atoms with Crippen LogP contribution < -0.4 is 10.1 Å². The smallest absolute Gasteiger partial charge is 0.244 e. The van der Waals surface area contributed by atoms with Crippen molar-refractivity contribution in [2.45, 2.75) is 32.0 Å². The maximum atomic E-state index is 14.5. The fraction of sp³-hybridized carbons (Fsp3) is 0.409. The van der Waals surface area contributed by atoms with Crippen molar-refractivity contribution >= 4 is 23.3 Å². The van der Waals surface area contributed by atoms with Gasteiger partial charge in [0, 0.05) is 43.7 Å². The second-order valence-corrected chi connectivity index (χ2v) is 8.21. The van der Waals surface area contributed by atoms with Crippen LogP contribution in [-0.4, -0.2) is 70.2 Å². The Kier molecular flexibility index (Phi) is 4.97. The quantitative estimate of drug-likeness (QED) is 0.815. The first kappa shape index (κ1) is 19.7. The summed E-state index contributed by atoms with van der Waals surface area (Å²) in [5, 5.41) is 14.0. The van der Waals surface area contributed by atoms with Crippen molar-refractivity contribution in [1.82, 2.24) is 24.5 Å². The molecule has 2 aromatic heterocycles. The van der Waals surface area contributed by atoms with Gasteiger partial charge in [-0.15, -0.1) is 5.10 Å². The van der Waals surface area contributed by atoms with Gasteiger partial charge in [-0.2, -0.15) is 10.1 Å². The van der Waals surface area contributed by atoms with Crippen LogP contribution in [0.3, 0.4) is 0 Å². The lowest BCUT2D eigenvalue weighted by Crippen LogP contribution is -2.46. The van der Waals surface area contributed by atoms with Crippen LogP contribution in [0.25, 0.3) is 11.1 Å². The summed E-state index contributed by atoms with van der Waals surface area (Å²) >= 11 is 0. The van der Waals surface area contributed by atoms with Crippen LogP contribution in [0.1, 0.15) is 25.3 Å². The number of ether oxygens (including phenoxy) is 1. The molecule has 5 rings (SSSR count). The van der Waals surface area contributed by atoms with E-state index in [1.54, 1.807) is 11.6 Å². The predicted molar refractivity (Wildman–Crippen MR) is 119 cm³/mol. The maximum Gasteiger partial charge on any atom is 0.244 e. The number of nitrogens with zero attached hydrogens (tertiary/aromatic N) is 6. The molecular weight excluding hydrogens is 397 g/mol. The van der Waals surface area contributed by atoms with Gasteiger partial charge in [-0.1, -0.05) is 0 Å². The average molecular weight is 423 g/mol. The Morgan fingerprint density at radius 3 is 3.00 bits per heavy atom. The van der Waals surface area contributed by atoms with Gasteiger partial charge in [0.05, 0.1) is 18.8 Å². The molecule has 9 heteroatoms. The number of fused-ring (bicyclic) bond motifs is 2. The molecule has 0 spiro atoms. The van der Waals surface area contributed by atoms with Gasteiger partial charge in [-0.05, 0) is 49.8 Å². The SMILES string of the molecule is COc1nc(N[C@H]2CCN(C)C[C@@H]2F)nn2ccc(C3=CC4=C(C)CC=NN4C=C3)c12. The molecular formula is C22H26FN7O. The summed E-state index contributed by atoms with van der Waals surface area (Å²) < 4.78 is 21.8. The van der Waals surface area contributed by atoms with Crippen molar-refractivity contribution in [3.63, 3.8) is 0 Å². The van der Waals surface area contributed by atoms with Gasteiger partial charge in [-0.25, -0.2) is 13.9 Å². The third-order valence-electron chi connectivity index (χ3n) is 6.02. The van der Waals surface area contributed by atoms with Crippen LogP contribution in [0.15, 0.2) is 47.0 Å². The summed E-state index contributed by atoms with van der Waals surface area (Å²) in [6, 6.07) is 1.68. The number of hydrazone groups is 1. The minimum atomic E-state index is -0.973. The number of allylic oxidation sites excluding steroid dienone is 4. The Balaban J connectivity index is 1.49. The number of alkyl halides is 1. The first-order valence-corrected chi connectivity index (χ1v) is 10.5. The molecule has 31 heavy (non-hydrogen) atoms. The van der Waals surface area contributed by atoms with E-state index in [1.807, 2.05) is 47.7 Å². The van der Waals surface area contributed by atoms with E-state index in [2.05, 4.69) is 33.5 Å². The molecule has 162 valence electrons. The molecule has 8 nitrogen and oxygen atoms in total. The summed E-state index contributed by atoms with van der Waals surface area (Å²) in [5.41, 5.74) is 5.11. The van der Waals surface area contributed by atoms with Gasteiger partial charge in [0.15, 0.2) is 0 Å². The number of likely N-dealkylation sites (tertiary alicyclic amines) is 1. The minimum absolute atomic E-state index is 0.315. The molecule has 2 atom stereocenters. The number of piperidine rings is 1. The van der Waals surface area contributed by atoms with Crippen molar-refractivity contribution in [2.75, 3.05) is 32.6 Å². The van der Waals surface area contributed by atoms with Crippen LogP contribution in [0.2, 0.25) is 0 Å². The third-order valence-corrected chi connectivity index (χ3v) is 6.02. The summed E-state index contributed by atoms with van der Waals surface area (Å²) in [7, 11) is 3.52. The van der Waals surface area contributed by atoms with E-state index >= 15 is 0 Å². The van der Waals surface area contributed by atoms with Gasteiger partial charge in [0.1, 0.15) is 11.7 Å². The Labute approximate surface area is 180 Å². The molecule has 0 aromatic carbocycles. The van der Waals surface area contributed by atoms with E-state index < -0.39 is 6.17 Å². The fourth-order valence-electron chi connectivity index (χ4n) is 4.26. The van der Waals surface area contributed by atoms with Crippen molar-refractivity contribution < 1.29 is 9.13 Å². The van der Waals surface area contributed by atoms with Crippen LogP contribution >= 0.6 is 0 Å². The Hall–Kier alpha value is -3.20. The molecule has 3 aliphatic heterocycles. The Morgan fingerprint density at radius 1 is 1.32 bits per heavy atom. The number of nitrogens with one attached hydrogen (secondary N) is 1. The van der Waals surface area contributed by atoms with Crippen LogP contribution in [0.5, 0.6) is 5.88 Å². The molecule has 0 radical (unpaired) electrons. The molecule has 1 fully saturated rings. The number of rotatable bonds is 4. The second-order valence-electron chi connectivity index (χ2n) is 8.21. The summed E-state index contributed by atoms with van der Waals surface area (Å²) in [5.74, 6) is 0.813. The molecule has 1 N–H and O–H groups in total. The third kappa shape index (κ3) is 3.59. The lowest BCUT2D eigenvalue weighted by molar-refractivity contribution is 0.149. The minimum Gasteiger partial charge on any atom is -0.479 e. The highest BCUT2D eigenvalue weighted by Gasteiger charge is 2.29. The van der Waals surface area contributed by atoms with E-state index in [-0.39, 0.29) is 6.04 Å². The average Bonchev–Trinajstić information content (AvgIpc) is 3.19. The first-order chi connectivity index (χ1) is 15.0. The van der Waals surface area contributed by atoms with Crippen LogP contribution in [0, 0.1) is 0 Å². The highest BCUT2D eigenvalue weighted by molar-refractivity contribution is 5.88. The van der Waals surface area contributed by atoms with E-state index in [4.69, 9.17) is 4.74 Å². The zero-order valence-electron chi connectivity index (χ0n) is 17.9. The Morgan fingerprint density at radius 2 is 2.19 bits per heavy atom. The van der Waals surface area contributed by atoms with Gasteiger partial charge in [-0.3, -0.25) is 0 Å². The highest BCUT2D eigenvalue weighted by Crippen LogP contribution is 2.34. The lowest BCUT2D eigenvalue weighted by Gasteiger charge is -2.32. The van der Waals surface area contributed by atoms with Gasteiger partial charge in [0.2, 0.25) is 11.8 Å². The monoisotopic (exact) mass is 423 g/mol. The van der Waals surface area contributed by atoms with E-state index in [9.17, 15) is 4.39 Å². The predicted octanol–water partition coefficient (Wildman–Crippen LogP) is 3.07. The van der Waals surface area contributed by atoms with Gasteiger partial charge in [0.25, 0.3) is 0 Å². The summed E-state index contributed by atoms with van der Waals surface area (Å²) in [6.07, 6.45) is 10.5. The molecule has 0 unspecified atom stereocenters. The summed E-state index contributed by atoms with van der Waals surface area (Å²) in [6.45, 7) is 3.35. The Bertz CT molecular complexity index is 1130. The van der Waals surface area contributed by atoms with Crippen molar-refractivity contribution in [1.29, 1.82) is 0 Å². The molecule has 3 aliphatic rings. The standard InChI is InChI=1S/C22H26FN7O/c1-14-4-8-24-29-10-5-15(12-19(14)29)16-6-11-30-20(16)21(31-3)26-22(27-30)25-18-7-9-28(2)13-17(18)23/h5-6,8,10-12,17-18H,4,7,9,13H2,1-3H3,(H,25,27)/t17-,18-/m0/s1. The number of anilines is 1. The van der Waals surface area contributed by atoms with E-state index in [0.29, 0.717) is 24.8 Å². The first-order valence-electron chi connectivity index (χ1n) is 10.5. The number of methoxy groups -OCH3 is 1. The highest BCUT2D eigenvalue weighted by atomic mass is 19.1. The van der Waals surface area contributed by atoms with Crippen LogP contribution in [0.4, 0.5) is 10.3 Å². The number of hydrogen-bond acceptors (Lipinski definition) is 7. The maximum absolute atomic E-state index is 14.5. The fourth-order valence-corrected chi connectivity index (χ4v) is 4.26. The van der Waals surface area contributed by atoms with Crippen molar-refractivity contribution in [2.24, 2.45) is 5.10 Å².